The van der Waals surface area contributed by atoms with Crippen LogP contribution in [0, 0.1) is 5.92 Å². The highest BCUT2D eigenvalue weighted by Gasteiger charge is 2.32. The minimum atomic E-state index is -0.312. The molecule has 20 heavy (non-hydrogen) atoms. The molecule has 2 rings (SSSR count). The van der Waals surface area contributed by atoms with Crippen molar-refractivity contribution in [3.63, 3.8) is 0 Å². The molecule has 4 heteroatoms. The van der Waals surface area contributed by atoms with Gasteiger partial charge in [-0.3, -0.25) is 9.69 Å². The molecule has 1 atom stereocenters. The molecule has 108 valence electrons. The molecule has 0 radical (unpaired) electrons. The Morgan fingerprint density at radius 1 is 1.35 bits per heavy atom. The number of urea groups is 1. The number of unbranched alkanes of at least 4 members (excludes halogenated alkanes) is 1. The van der Waals surface area contributed by atoms with E-state index >= 15 is 0 Å². The van der Waals surface area contributed by atoms with Crippen LogP contribution in [0.2, 0.25) is 0 Å². The fourth-order valence-electron chi connectivity index (χ4n) is 2.72. The van der Waals surface area contributed by atoms with E-state index in [1.807, 2.05) is 18.2 Å². The van der Waals surface area contributed by atoms with Gasteiger partial charge in [0.15, 0.2) is 0 Å². The number of hydrogen-bond donors (Lipinski definition) is 1. The van der Waals surface area contributed by atoms with Gasteiger partial charge in [-0.05, 0) is 24.0 Å². The Morgan fingerprint density at radius 3 is 2.70 bits per heavy atom. The van der Waals surface area contributed by atoms with Crippen molar-refractivity contribution >= 4 is 11.9 Å². The summed E-state index contributed by atoms with van der Waals surface area (Å²) in [5.74, 6) is -0.134. The molecule has 1 N–H and O–H groups in total. The fourth-order valence-corrected chi connectivity index (χ4v) is 2.72. The number of imide groups is 1. The second-order valence-corrected chi connectivity index (χ2v) is 5.29. The van der Waals surface area contributed by atoms with Gasteiger partial charge in [0.25, 0.3) is 0 Å². The lowest BCUT2D eigenvalue weighted by Crippen LogP contribution is -2.44. The highest BCUT2D eigenvalue weighted by atomic mass is 16.2. The average molecular weight is 274 g/mol. The molecule has 0 saturated heterocycles. The quantitative estimate of drug-likeness (QED) is 0.921. The molecule has 0 spiro atoms. The van der Waals surface area contributed by atoms with Gasteiger partial charge in [0, 0.05) is 13.0 Å². The van der Waals surface area contributed by atoms with Crippen LogP contribution in [-0.4, -0.2) is 23.9 Å². The van der Waals surface area contributed by atoms with Crippen LogP contribution < -0.4 is 5.32 Å². The lowest BCUT2D eigenvalue weighted by molar-refractivity contribution is -0.132. The highest BCUT2D eigenvalue weighted by molar-refractivity contribution is 5.96. The lowest BCUT2D eigenvalue weighted by atomic mass is 9.93. The van der Waals surface area contributed by atoms with Crippen LogP contribution in [0.15, 0.2) is 24.3 Å². The Labute approximate surface area is 120 Å². The monoisotopic (exact) mass is 274 g/mol. The largest absolute Gasteiger partial charge is 0.341 e. The second-order valence-electron chi connectivity index (χ2n) is 5.29. The van der Waals surface area contributed by atoms with Crippen molar-refractivity contribution in [2.75, 3.05) is 7.05 Å². The number of amides is 3. The standard InChI is InChI=1S/C16H22N2O2/c1-3-4-7-13-10-12-8-5-6-9-14(12)11-18(15(13)19)16(20)17-2/h5-6,8-9,13H,3-4,7,10-11H2,1-2H3,(H,17,20). The zero-order chi connectivity index (χ0) is 14.5. The first-order chi connectivity index (χ1) is 9.67. The maximum Gasteiger partial charge on any atom is 0.324 e. The number of carbonyl (C=O) groups is 2. The van der Waals surface area contributed by atoms with E-state index in [0.717, 1.165) is 31.2 Å². The number of nitrogens with one attached hydrogen (secondary N) is 1. The topological polar surface area (TPSA) is 49.4 Å². The lowest BCUT2D eigenvalue weighted by Gasteiger charge is -2.22. The molecule has 4 nitrogen and oxygen atoms in total. The molecule has 0 aromatic heterocycles. The molecule has 1 heterocycles. The van der Waals surface area contributed by atoms with Crippen molar-refractivity contribution in [2.45, 2.75) is 39.2 Å². The third-order valence-electron chi connectivity index (χ3n) is 3.89. The molecule has 1 aliphatic heterocycles. The summed E-state index contributed by atoms with van der Waals surface area (Å²) in [7, 11) is 1.56. The minimum absolute atomic E-state index is 0.0472. The molecule has 1 aromatic carbocycles. The van der Waals surface area contributed by atoms with Gasteiger partial charge in [0.05, 0.1) is 6.54 Å². The van der Waals surface area contributed by atoms with Gasteiger partial charge in [-0.2, -0.15) is 0 Å². The van der Waals surface area contributed by atoms with Gasteiger partial charge < -0.3 is 5.32 Å². The Balaban J connectivity index is 2.31. The van der Waals surface area contributed by atoms with Gasteiger partial charge in [0.1, 0.15) is 0 Å². The van der Waals surface area contributed by atoms with Crippen molar-refractivity contribution in [2.24, 2.45) is 5.92 Å². The summed E-state index contributed by atoms with van der Waals surface area (Å²) in [6.45, 7) is 2.49. The summed E-state index contributed by atoms with van der Waals surface area (Å²) >= 11 is 0. The molecule has 0 fully saturated rings. The summed E-state index contributed by atoms with van der Waals surface area (Å²) in [5, 5.41) is 2.57. The molecule has 1 aliphatic rings. The van der Waals surface area contributed by atoms with Crippen molar-refractivity contribution < 1.29 is 9.59 Å². The summed E-state index contributed by atoms with van der Waals surface area (Å²) in [5.41, 5.74) is 2.26. The van der Waals surface area contributed by atoms with Crippen LogP contribution in [0.4, 0.5) is 4.79 Å². The summed E-state index contributed by atoms with van der Waals surface area (Å²) in [4.78, 5) is 25.9. The van der Waals surface area contributed by atoms with Crippen molar-refractivity contribution in [1.29, 1.82) is 0 Å². The highest BCUT2D eigenvalue weighted by Crippen LogP contribution is 2.26. The van der Waals surface area contributed by atoms with Crippen LogP contribution in [0.3, 0.4) is 0 Å². The fraction of sp³-hybridized carbons (Fsp3) is 0.500. The van der Waals surface area contributed by atoms with Crippen molar-refractivity contribution in [3.05, 3.63) is 35.4 Å². The van der Waals surface area contributed by atoms with E-state index in [9.17, 15) is 9.59 Å². The van der Waals surface area contributed by atoms with Crippen molar-refractivity contribution in [3.8, 4) is 0 Å². The maximum absolute atomic E-state index is 12.6. The smallest absolute Gasteiger partial charge is 0.324 e. The first-order valence-electron chi connectivity index (χ1n) is 7.27. The summed E-state index contributed by atoms with van der Waals surface area (Å²) in [6.07, 6.45) is 3.66. The number of carbonyl (C=O) groups excluding carboxylic acids is 2. The Hall–Kier alpha value is -1.84. The van der Waals surface area contributed by atoms with Crippen LogP contribution in [0.25, 0.3) is 0 Å². The first-order valence-corrected chi connectivity index (χ1v) is 7.27. The SMILES string of the molecule is CCCCC1Cc2ccccc2CN(C(=O)NC)C1=O. The molecule has 0 aliphatic carbocycles. The van der Waals surface area contributed by atoms with E-state index in [1.165, 1.54) is 10.5 Å². The van der Waals surface area contributed by atoms with Crippen molar-refractivity contribution in [1.82, 2.24) is 10.2 Å². The number of hydrogen-bond acceptors (Lipinski definition) is 2. The van der Waals surface area contributed by atoms with Crippen LogP contribution in [0.5, 0.6) is 0 Å². The predicted molar refractivity (Wildman–Crippen MR) is 78.2 cm³/mol. The van der Waals surface area contributed by atoms with Gasteiger partial charge in [-0.25, -0.2) is 4.79 Å². The van der Waals surface area contributed by atoms with E-state index in [-0.39, 0.29) is 17.9 Å². The third-order valence-corrected chi connectivity index (χ3v) is 3.89. The zero-order valence-electron chi connectivity index (χ0n) is 12.2. The van der Waals surface area contributed by atoms with Gasteiger partial charge >= 0.3 is 6.03 Å². The number of rotatable bonds is 3. The van der Waals surface area contributed by atoms with E-state index in [1.54, 1.807) is 7.05 Å². The molecular formula is C16H22N2O2. The van der Waals surface area contributed by atoms with Gasteiger partial charge in [-0.15, -0.1) is 0 Å². The molecule has 1 aromatic rings. The van der Waals surface area contributed by atoms with Gasteiger partial charge in [-0.1, -0.05) is 44.0 Å². The van der Waals surface area contributed by atoms with E-state index in [4.69, 9.17) is 0 Å². The Bertz CT molecular complexity index is 499. The second kappa shape index (κ2) is 6.55. The molecular weight excluding hydrogens is 252 g/mol. The molecule has 0 bridgehead atoms. The predicted octanol–water partition coefficient (Wildman–Crippen LogP) is 2.72. The Kier molecular flexibility index (Phi) is 4.77. The Morgan fingerprint density at radius 2 is 2.05 bits per heavy atom. The average Bonchev–Trinajstić information content (AvgIpc) is 2.62. The number of fused-ring (bicyclic) bond motifs is 1. The summed E-state index contributed by atoms with van der Waals surface area (Å²) < 4.78 is 0. The third kappa shape index (κ3) is 3.00. The molecule has 1 unspecified atom stereocenters. The van der Waals surface area contributed by atoms with Crippen LogP contribution in [0.1, 0.15) is 37.3 Å². The zero-order valence-corrected chi connectivity index (χ0v) is 12.2. The van der Waals surface area contributed by atoms with E-state index in [2.05, 4.69) is 18.3 Å². The first kappa shape index (κ1) is 14.6. The van der Waals surface area contributed by atoms with Gasteiger partial charge in [0.2, 0.25) is 5.91 Å². The van der Waals surface area contributed by atoms with E-state index in [0.29, 0.717) is 6.54 Å². The maximum atomic E-state index is 12.6. The normalized spacial score (nSPS) is 18.4. The number of benzene rings is 1. The minimum Gasteiger partial charge on any atom is -0.341 e. The molecule has 3 amide bonds. The summed E-state index contributed by atoms with van der Waals surface area (Å²) in [6, 6.07) is 7.71. The molecule has 0 saturated carbocycles. The van der Waals surface area contributed by atoms with Crippen LogP contribution in [-0.2, 0) is 17.8 Å². The van der Waals surface area contributed by atoms with Crippen LogP contribution >= 0.6 is 0 Å². The number of nitrogens with zero attached hydrogens (tertiary/aromatic N) is 1. The van der Waals surface area contributed by atoms with E-state index < -0.39 is 0 Å².